The van der Waals surface area contributed by atoms with E-state index in [0.29, 0.717) is 17.3 Å². The van der Waals surface area contributed by atoms with Gasteiger partial charge in [-0.15, -0.1) is 0 Å². The van der Waals surface area contributed by atoms with Crippen molar-refractivity contribution in [3.8, 4) is 0 Å². The number of benzene rings is 1. The fourth-order valence-electron chi connectivity index (χ4n) is 2.61. The number of carbonyl (C=O) groups is 1. The van der Waals surface area contributed by atoms with Crippen molar-refractivity contribution in [2.24, 2.45) is 5.84 Å². The van der Waals surface area contributed by atoms with Gasteiger partial charge in [-0.25, -0.2) is 0 Å². The summed E-state index contributed by atoms with van der Waals surface area (Å²) in [5.74, 6) is 5.53. The molecule has 0 aromatic heterocycles. The normalized spacial score (nSPS) is 15.7. The van der Waals surface area contributed by atoms with Gasteiger partial charge in [-0.2, -0.15) is 0 Å². The van der Waals surface area contributed by atoms with E-state index in [2.05, 4.69) is 5.43 Å². The predicted molar refractivity (Wildman–Crippen MR) is 73.3 cm³/mol. The van der Waals surface area contributed by atoms with Crippen molar-refractivity contribution in [1.29, 1.82) is 0 Å². The van der Waals surface area contributed by atoms with Crippen LogP contribution in [0.1, 0.15) is 41.6 Å². The molecule has 0 heterocycles. The molecule has 0 unspecified atom stereocenters. The molecule has 0 spiro atoms. The second kappa shape index (κ2) is 5.40. The van der Waals surface area contributed by atoms with Crippen LogP contribution in [-0.4, -0.2) is 23.9 Å². The largest absolute Gasteiger partial charge is 0.339 e. The number of rotatable bonds is 3. The number of hydrazine groups is 1. The van der Waals surface area contributed by atoms with E-state index in [1.54, 1.807) is 0 Å². The van der Waals surface area contributed by atoms with Crippen LogP contribution in [0.15, 0.2) is 18.2 Å². The van der Waals surface area contributed by atoms with Crippen LogP contribution in [0, 0.1) is 6.92 Å². The van der Waals surface area contributed by atoms with E-state index in [0.717, 1.165) is 18.4 Å². The average Bonchev–Trinajstić information content (AvgIpc) is 2.90. The van der Waals surface area contributed by atoms with Gasteiger partial charge >= 0.3 is 0 Å². The molecule has 0 atom stereocenters. The minimum atomic E-state index is 0.0542. The van der Waals surface area contributed by atoms with Gasteiger partial charge in [0.1, 0.15) is 0 Å². The fraction of sp³-hybridized carbons (Fsp3) is 0.500. The SMILES string of the molecule is Cc1ccc(NN)c(C(=O)N(C)C2CCCC2)c1. The number of hydrogen-bond donors (Lipinski definition) is 2. The molecule has 1 aromatic rings. The van der Waals surface area contributed by atoms with E-state index in [-0.39, 0.29) is 5.91 Å². The number of nitrogen functional groups attached to an aromatic ring is 1. The zero-order chi connectivity index (χ0) is 13.1. The smallest absolute Gasteiger partial charge is 0.256 e. The van der Waals surface area contributed by atoms with Crippen LogP contribution < -0.4 is 11.3 Å². The highest BCUT2D eigenvalue weighted by Gasteiger charge is 2.25. The summed E-state index contributed by atoms with van der Waals surface area (Å²) in [4.78, 5) is 14.4. The van der Waals surface area contributed by atoms with Gasteiger partial charge < -0.3 is 10.3 Å². The van der Waals surface area contributed by atoms with E-state index in [1.165, 1.54) is 12.8 Å². The molecular weight excluding hydrogens is 226 g/mol. The summed E-state index contributed by atoms with van der Waals surface area (Å²) in [7, 11) is 1.89. The number of aryl methyl sites for hydroxylation is 1. The van der Waals surface area contributed by atoms with Crippen LogP contribution in [0.2, 0.25) is 0 Å². The van der Waals surface area contributed by atoms with Crippen molar-refractivity contribution in [3.05, 3.63) is 29.3 Å². The van der Waals surface area contributed by atoms with Gasteiger partial charge in [-0.3, -0.25) is 10.6 Å². The molecule has 4 heteroatoms. The van der Waals surface area contributed by atoms with Crippen molar-refractivity contribution in [1.82, 2.24) is 4.90 Å². The Balaban J connectivity index is 2.24. The summed E-state index contributed by atoms with van der Waals surface area (Å²) in [5, 5.41) is 0. The Morgan fingerprint density at radius 1 is 1.39 bits per heavy atom. The Bertz CT molecular complexity index is 439. The molecule has 0 aliphatic heterocycles. The van der Waals surface area contributed by atoms with Gasteiger partial charge in [0.05, 0.1) is 11.3 Å². The van der Waals surface area contributed by atoms with E-state index in [4.69, 9.17) is 5.84 Å². The first-order valence-electron chi connectivity index (χ1n) is 6.48. The third kappa shape index (κ3) is 2.48. The van der Waals surface area contributed by atoms with Gasteiger partial charge in [0.25, 0.3) is 5.91 Å². The zero-order valence-corrected chi connectivity index (χ0v) is 11.1. The molecule has 1 aliphatic carbocycles. The summed E-state index contributed by atoms with van der Waals surface area (Å²) in [6, 6.07) is 6.07. The first-order valence-corrected chi connectivity index (χ1v) is 6.48. The van der Waals surface area contributed by atoms with Crippen LogP contribution >= 0.6 is 0 Å². The minimum Gasteiger partial charge on any atom is -0.339 e. The molecule has 98 valence electrons. The molecule has 1 amide bonds. The lowest BCUT2D eigenvalue weighted by atomic mass is 10.1. The average molecular weight is 247 g/mol. The minimum absolute atomic E-state index is 0.0542. The number of carbonyl (C=O) groups excluding carboxylic acids is 1. The quantitative estimate of drug-likeness (QED) is 0.636. The maximum Gasteiger partial charge on any atom is 0.256 e. The van der Waals surface area contributed by atoms with Gasteiger partial charge in [0.15, 0.2) is 0 Å². The molecule has 18 heavy (non-hydrogen) atoms. The molecular formula is C14H21N3O. The molecule has 1 saturated carbocycles. The molecule has 4 nitrogen and oxygen atoms in total. The Morgan fingerprint density at radius 3 is 2.67 bits per heavy atom. The van der Waals surface area contributed by atoms with Crippen molar-refractivity contribution in [2.75, 3.05) is 12.5 Å². The van der Waals surface area contributed by atoms with E-state index in [1.807, 2.05) is 37.1 Å². The van der Waals surface area contributed by atoms with Crippen molar-refractivity contribution < 1.29 is 4.79 Å². The molecule has 3 N–H and O–H groups in total. The maximum absolute atomic E-state index is 12.5. The van der Waals surface area contributed by atoms with Crippen LogP contribution in [0.3, 0.4) is 0 Å². The number of hydrogen-bond acceptors (Lipinski definition) is 3. The monoisotopic (exact) mass is 247 g/mol. The van der Waals surface area contributed by atoms with Crippen molar-refractivity contribution in [3.63, 3.8) is 0 Å². The third-order valence-electron chi connectivity index (χ3n) is 3.75. The molecule has 1 aliphatic rings. The molecule has 1 fully saturated rings. The molecule has 0 bridgehead atoms. The van der Waals surface area contributed by atoms with Crippen LogP contribution in [0.25, 0.3) is 0 Å². The highest BCUT2D eigenvalue weighted by molar-refractivity contribution is 5.99. The van der Waals surface area contributed by atoms with Crippen molar-refractivity contribution in [2.45, 2.75) is 38.6 Å². The topological polar surface area (TPSA) is 58.4 Å². The summed E-state index contributed by atoms with van der Waals surface area (Å²) >= 11 is 0. The summed E-state index contributed by atoms with van der Waals surface area (Å²) in [6.45, 7) is 1.98. The van der Waals surface area contributed by atoms with Crippen LogP contribution in [0.5, 0.6) is 0 Å². The lowest BCUT2D eigenvalue weighted by Gasteiger charge is -2.25. The van der Waals surface area contributed by atoms with Gasteiger partial charge in [0, 0.05) is 13.1 Å². The highest BCUT2D eigenvalue weighted by Crippen LogP contribution is 2.25. The van der Waals surface area contributed by atoms with Gasteiger partial charge in [0.2, 0.25) is 0 Å². The molecule has 0 radical (unpaired) electrons. The van der Waals surface area contributed by atoms with E-state index in [9.17, 15) is 4.79 Å². The van der Waals surface area contributed by atoms with Gasteiger partial charge in [-0.05, 0) is 31.9 Å². The van der Waals surface area contributed by atoms with E-state index < -0.39 is 0 Å². The number of nitrogens with one attached hydrogen (secondary N) is 1. The summed E-state index contributed by atoms with van der Waals surface area (Å²) in [6.07, 6.45) is 4.66. The summed E-state index contributed by atoms with van der Waals surface area (Å²) in [5.41, 5.74) is 5.02. The van der Waals surface area contributed by atoms with Crippen molar-refractivity contribution >= 4 is 11.6 Å². The second-order valence-corrected chi connectivity index (χ2v) is 5.05. The number of amides is 1. The third-order valence-corrected chi connectivity index (χ3v) is 3.75. The Labute approximate surface area is 108 Å². The second-order valence-electron chi connectivity index (χ2n) is 5.05. The van der Waals surface area contributed by atoms with Crippen LogP contribution in [-0.2, 0) is 0 Å². The predicted octanol–water partition coefficient (Wildman–Crippen LogP) is 2.30. The lowest BCUT2D eigenvalue weighted by Crippen LogP contribution is -2.35. The maximum atomic E-state index is 12.5. The first kappa shape index (κ1) is 12.9. The summed E-state index contributed by atoms with van der Waals surface area (Å²) < 4.78 is 0. The Morgan fingerprint density at radius 2 is 2.06 bits per heavy atom. The molecule has 0 saturated heterocycles. The number of nitrogens with zero attached hydrogens (tertiary/aromatic N) is 1. The fourth-order valence-corrected chi connectivity index (χ4v) is 2.61. The number of nitrogens with two attached hydrogens (primary N) is 1. The first-order chi connectivity index (χ1) is 8.63. The zero-order valence-electron chi connectivity index (χ0n) is 11.1. The van der Waals surface area contributed by atoms with Gasteiger partial charge in [-0.1, -0.05) is 24.5 Å². The Kier molecular flexibility index (Phi) is 3.87. The van der Waals surface area contributed by atoms with E-state index >= 15 is 0 Å². The Hall–Kier alpha value is -1.55. The standard InChI is InChI=1S/C14H21N3O/c1-10-7-8-13(16-15)12(9-10)14(18)17(2)11-5-3-4-6-11/h7-9,11,16H,3-6,15H2,1-2H3. The lowest BCUT2D eigenvalue weighted by molar-refractivity contribution is 0.0736. The molecule has 1 aromatic carbocycles. The van der Waals surface area contributed by atoms with Crippen LogP contribution in [0.4, 0.5) is 5.69 Å². The highest BCUT2D eigenvalue weighted by atomic mass is 16.2. The number of anilines is 1. The molecule has 2 rings (SSSR count).